The van der Waals surface area contributed by atoms with E-state index < -0.39 is 0 Å². The quantitative estimate of drug-likeness (QED) is 0.866. The number of nitrogen functional groups attached to an aromatic ring is 1. The van der Waals surface area contributed by atoms with E-state index in [0.29, 0.717) is 30.0 Å². The largest absolute Gasteiger partial charge is 0.382 e. The van der Waals surface area contributed by atoms with Crippen molar-refractivity contribution in [2.24, 2.45) is 5.73 Å². The van der Waals surface area contributed by atoms with Gasteiger partial charge in [0.1, 0.15) is 17.5 Å². The number of hydrogen-bond acceptors (Lipinski definition) is 4. The predicted molar refractivity (Wildman–Crippen MR) is 74.8 cm³/mol. The molecule has 0 fully saturated rings. The van der Waals surface area contributed by atoms with Crippen molar-refractivity contribution in [2.75, 3.05) is 12.3 Å². The summed E-state index contributed by atoms with van der Waals surface area (Å²) in [5.41, 5.74) is 14.7. The number of nitriles is 1. The smallest absolute Gasteiger partial charge is 0.145 e. The Bertz CT molecular complexity index is 604. The summed E-state index contributed by atoms with van der Waals surface area (Å²) in [5.74, 6) is 0.387. The lowest BCUT2D eigenvalue weighted by atomic mass is 10.1. The Kier molecular flexibility index (Phi) is 3.83. The second kappa shape index (κ2) is 5.55. The van der Waals surface area contributed by atoms with E-state index in [2.05, 4.69) is 11.2 Å². The number of hydrogen-bond donors (Lipinski definition) is 2. The van der Waals surface area contributed by atoms with E-state index >= 15 is 0 Å². The van der Waals surface area contributed by atoms with Crippen LogP contribution in [0.1, 0.15) is 23.2 Å². The monoisotopic (exact) mass is 255 g/mol. The van der Waals surface area contributed by atoms with Gasteiger partial charge in [0.15, 0.2) is 0 Å². The molecule has 0 saturated carbocycles. The maximum Gasteiger partial charge on any atom is 0.145 e. The highest BCUT2D eigenvalue weighted by atomic mass is 15.3. The SMILES string of the molecule is Cc1ccc(-n2nc(CCCN)c(C#N)c2N)cc1. The Morgan fingerprint density at radius 1 is 1.32 bits per heavy atom. The fourth-order valence-electron chi connectivity index (χ4n) is 1.93. The van der Waals surface area contributed by atoms with E-state index in [4.69, 9.17) is 11.5 Å². The van der Waals surface area contributed by atoms with Crippen molar-refractivity contribution in [3.8, 4) is 11.8 Å². The zero-order valence-corrected chi connectivity index (χ0v) is 10.9. The molecule has 0 bridgehead atoms. The molecule has 0 aliphatic heterocycles. The first-order valence-electron chi connectivity index (χ1n) is 6.22. The average molecular weight is 255 g/mol. The number of benzene rings is 1. The van der Waals surface area contributed by atoms with Gasteiger partial charge in [-0.15, -0.1) is 0 Å². The van der Waals surface area contributed by atoms with E-state index in [1.165, 1.54) is 5.56 Å². The topological polar surface area (TPSA) is 93.6 Å². The number of anilines is 1. The summed E-state index contributed by atoms with van der Waals surface area (Å²) in [4.78, 5) is 0. The minimum atomic E-state index is 0.387. The minimum Gasteiger partial charge on any atom is -0.382 e. The van der Waals surface area contributed by atoms with Crippen LogP contribution in [0, 0.1) is 18.3 Å². The van der Waals surface area contributed by atoms with Gasteiger partial charge in [-0.2, -0.15) is 10.4 Å². The minimum absolute atomic E-state index is 0.387. The van der Waals surface area contributed by atoms with Crippen molar-refractivity contribution < 1.29 is 0 Å². The van der Waals surface area contributed by atoms with Crippen LogP contribution in [0.15, 0.2) is 24.3 Å². The van der Waals surface area contributed by atoms with Crippen molar-refractivity contribution in [2.45, 2.75) is 19.8 Å². The molecule has 5 nitrogen and oxygen atoms in total. The van der Waals surface area contributed by atoms with Crippen molar-refractivity contribution >= 4 is 5.82 Å². The normalized spacial score (nSPS) is 10.4. The molecule has 19 heavy (non-hydrogen) atoms. The molecular formula is C14H17N5. The van der Waals surface area contributed by atoms with E-state index in [9.17, 15) is 5.26 Å². The van der Waals surface area contributed by atoms with Gasteiger partial charge in [-0.1, -0.05) is 17.7 Å². The highest BCUT2D eigenvalue weighted by Gasteiger charge is 2.15. The standard InChI is InChI=1S/C14H17N5/c1-10-4-6-11(7-5-10)19-14(17)12(9-16)13(18-19)3-2-8-15/h4-7H,2-3,8,15,17H2,1H3. The van der Waals surface area contributed by atoms with Crippen LogP contribution in [0.25, 0.3) is 5.69 Å². The van der Waals surface area contributed by atoms with Crippen LogP contribution in [0.2, 0.25) is 0 Å². The first kappa shape index (κ1) is 13.1. The molecule has 5 heteroatoms. The van der Waals surface area contributed by atoms with Gasteiger partial charge < -0.3 is 11.5 Å². The van der Waals surface area contributed by atoms with Crippen LogP contribution < -0.4 is 11.5 Å². The van der Waals surface area contributed by atoms with Crippen LogP contribution in [-0.4, -0.2) is 16.3 Å². The molecule has 0 amide bonds. The molecule has 1 heterocycles. The average Bonchev–Trinajstić information content (AvgIpc) is 2.73. The van der Waals surface area contributed by atoms with Crippen molar-refractivity contribution in [1.29, 1.82) is 5.26 Å². The van der Waals surface area contributed by atoms with Crippen molar-refractivity contribution in [3.63, 3.8) is 0 Å². The van der Waals surface area contributed by atoms with Crippen LogP contribution in [0.5, 0.6) is 0 Å². The predicted octanol–water partition coefficient (Wildman–Crippen LogP) is 1.53. The molecule has 2 rings (SSSR count). The van der Waals surface area contributed by atoms with Gasteiger partial charge in [0, 0.05) is 0 Å². The first-order chi connectivity index (χ1) is 9.17. The van der Waals surface area contributed by atoms with Gasteiger partial charge in [-0.25, -0.2) is 4.68 Å². The third-order valence-corrected chi connectivity index (χ3v) is 3.00. The number of nitrogens with two attached hydrogens (primary N) is 2. The molecular weight excluding hydrogens is 238 g/mol. The zero-order chi connectivity index (χ0) is 13.8. The highest BCUT2D eigenvalue weighted by Crippen LogP contribution is 2.21. The molecule has 0 aliphatic rings. The molecule has 0 spiro atoms. The van der Waals surface area contributed by atoms with Crippen LogP contribution in [-0.2, 0) is 6.42 Å². The molecule has 1 aromatic carbocycles. The summed E-state index contributed by atoms with van der Waals surface area (Å²) in [6.45, 7) is 2.59. The Morgan fingerprint density at radius 2 is 2.00 bits per heavy atom. The molecule has 1 aromatic heterocycles. The van der Waals surface area contributed by atoms with E-state index in [1.807, 2.05) is 31.2 Å². The lowest BCUT2D eigenvalue weighted by Gasteiger charge is -2.03. The molecule has 0 unspecified atom stereocenters. The summed E-state index contributed by atoms with van der Waals surface area (Å²) in [5, 5.41) is 13.6. The van der Waals surface area contributed by atoms with Crippen LogP contribution in [0.4, 0.5) is 5.82 Å². The van der Waals surface area contributed by atoms with E-state index in [-0.39, 0.29) is 0 Å². The number of rotatable bonds is 4. The third-order valence-electron chi connectivity index (χ3n) is 3.00. The molecule has 0 radical (unpaired) electrons. The molecule has 0 aliphatic carbocycles. The Balaban J connectivity index is 2.44. The van der Waals surface area contributed by atoms with Crippen molar-refractivity contribution in [3.05, 3.63) is 41.1 Å². The van der Waals surface area contributed by atoms with Crippen LogP contribution in [0.3, 0.4) is 0 Å². The number of aromatic nitrogens is 2. The summed E-state index contributed by atoms with van der Waals surface area (Å²) >= 11 is 0. The second-order valence-electron chi connectivity index (χ2n) is 4.46. The highest BCUT2D eigenvalue weighted by molar-refractivity contribution is 5.56. The molecule has 4 N–H and O–H groups in total. The van der Waals surface area contributed by atoms with E-state index in [1.54, 1.807) is 4.68 Å². The summed E-state index contributed by atoms with van der Waals surface area (Å²) in [6, 6.07) is 9.98. The second-order valence-corrected chi connectivity index (χ2v) is 4.46. The molecule has 2 aromatic rings. The Morgan fingerprint density at radius 3 is 2.58 bits per heavy atom. The lowest BCUT2D eigenvalue weighted by Crippen LogP contribution is -2.03. The maximum atomic E-state index is 9.19. The zero-order valence-electron chi connectivity index (χ0n) is 10.9. The van der Waals surface area contributed by atoms with Gasteiger partial charge in [0.05, 0.1) is 11.4 Å². The summed E-state index contributed by atoms with van der Waals surface area (Å²) in [6.07, 6.45) is 1.46. The fraction of sp³-hybridized carbons (Fsp3) is 0.286. The van der Waals surface area contributed by atoms with Gasteiger partial charge >= 0.3 is 0 Å². The molecule has 98 valence electrons. The van der Waals surface area contributed by atoms with Crippen LogP contribution >= 0.6 is 0 Å². The first-order valence-corrected chi connectivity index (χ1v) is 6.22. The Labute approximate surface area is 112 Å². The molecule has 0 atom stereocenters. The van der Waals surface area contributed by atoms with Gasteiger partial charge in [0.25, 0.3) is 0 Å². The van der Waals surface area contributed by atoms with Gasteiger partial charge in [-0.05, 0) is 38.4 Å². The van der Waals surface area contributed by atoms with Gasteiger partial charge in [0.2, 0.25) is 0 Å². The summed E-state index contributed by atoms with van der Waals surface area (Å²) < 4.78 is 1.61. The third kappa shape index (κ3) is 2.59. The van der Waals surface area contributed by atoms with E-state index in [0.717, 1.165) is 12.1 Å². The summed E-state index contributed by atoms with van der Waals surface area (Å²) in [7, 11) is 0. The number of aryl methyl sites for hydroxylation is 2. The maximum absolute atomic E-state index is 9.19. The van der Waals surface area contributed by atoms with Gasteiger partial charge in [-0.3, -0.25) is 0 Å². The van der Waals surface area contributed by atoms with Crippen molar-refractivity contribution in [1.82, 2.24) is 9.78 Å². The molecule has 0 saturated heterocycles. The fourth-order valence-corrected chi connectivity index (χ4v) is 1.93. The Hall–Kier alpha value is -2.32. The number of nitrogens with zero attached hydrogens (tertiary/aromatic N) is 3. The lowest BCUT2D eigenvalue weighted by molar-refractivity contribution is 0.776.